The molecular weight excluding hydrogens is 219 g/mol. The molecule has 0 aliphatic carbocycles. The van der Waals surface area contributed by atoms with Crippen LogP contribution in [-0.4, -0.2) is 11.6 Å². The third-order valence-electron chi connectivity index (χ3n) is 2.29. The number of hydrogen-bond acceptors (Lipinski definition) is 2. The Kier molecular flexibility index (Phi) is 4.27. The van der Waals surface area contributed by atoms with Crippen LogP contribution in [0.25, 0.3) is 0 Å². The molecule has 1 aromatic rings. The smallest absolute Gasteiger partial charge is 0.309 e. The molecule has 0 N–H and O–H groups in total. The zero-order chi connectivity index (χ0) is 13.1. The van der Waals surface area contributed by atoms with Gasteiger partial charge in [-0.2, -0.15) is 0 Å². The van der Waals surface area contributed by atoms with Crippen LogP contribution >= 0.6 is 0 Å². The molecule has 2 nitrogen and oxygen atoms in total. The topological polar surface area (TPSA) is 26.3 Å². The minimum Gasteiger partial charge on any atom is -0.460 e. The fourth-order valence-electron chi connectivity index (χ4n) is 1.48. The molecule has 3 heteroatoms. The molecule has 17 heavy (non-hydrogen) atoms. The first-order valence-electron chi connectivity index (χ1n) is 5.76. The summed E-state index contributed by atoms with van der Waals surface area (Å²) in [6.45, 7) is 7.21. The predicted octanol–water partition coefficient (Wildman–Crippen LogP) is 3.35. The maximum Gasteiger partial charge on any atom is 0.309 e. The van der Waals surface area contributed by atoms with E-state index in [0.29, 0.717) is 12.0 Å². The summed E-state index contributed by atoms with van der Waals surface area (Å²) in [4.78, 5) is 11.7. The van der Waals surface area contributed by atoms with Crippen LogP contribution in [-0.2, 0) is 16.0 Å². The van der Waals surface area contributed by atoms with E-state index < -0.39 is 5.60 Å². The average Bonchev–Trinajstić information content (AvgIpc) is 2.18. The van der Waals surface area contributed by atoms with Gasteiger partial charge in [-0.05, 0) is 38.8 Å². The van der Waals surface area contributed by atoms with Crippen LogP contribution < -0.4 is 0 Å². The lowest BCUT2D eigenvalue weighted by molar-refractivity contribution is -0.159. The van der Waals surface area contributed by atoms with Crippen molar-refractivity contribution in [2.45, 2.75) is 39.7 Å². The number of esters is 1. The van der Waals surface area contributed by atoms with Gasteiger partial charge in [0.1, 0.15) is 11.4 Å². The highest BCUT2D eigenvalue weighted by molar-refractivity contribution is 5.72. The number of rotatable bonds is 3. The Morgan fingerprint density at radius 3 is 2.47 bits per heavy atom. The predicted molar refractivity (Wildman–Crippen MR) is 65.1 cm³/mol. The van der Waals surface area contributed by atoms with Crippen molar-refractivity contribution in [1.29, 1.82) is 0 Å². The summed E-state index contributed by atoms with van der Waals surface area (Å²) < 4.78 is 18.6. The maximum atomic E-state index is 13.4. The Morgan fingerprint density at radius 1 is 1.35 bits per heavy atom. The number of halogens is 1. The normalized spacial score (nSPS) is 13.2. The van der Waals surface area contributed by atoms with Gasteiger partial charge in [-0.25, -0.2) is 4.39 Å². The molecule has 0 spiro atoms. The lowest BCUT2D eigenvalue weighted by Crippen LogP contribution is -2.28. The van der Waals surface area contributed by atoms with Crippen LogP contribution in [0.4, 0.5) is 4.39 Å². The summed E-state index contributed by atoms with van der Waals surface area (Å²) in [6.07, 6.45) is 0.363. The van der Waals surface area contributed by atoms with Gasteiger partial charge in [-0.15, -0.1) is 0 Å². The molecule has 94 valence electrons. The summed E-state index contributed by atoms with van der Waals surface area (Å²) in [7, 11) is 0. The van der Waals surface area contributed by atoms with Crippen LogP contribution in [0.5, 0.6) is 0 Å². The second-order valence-electron chi connectivity index (χ2n) is 5.23. The molecule has 1 atom stereocenters. The van der Waals surface area contributed by atoms with Crippen LogP contribution in [0.2, 0.25) is 0 Å². The largest absolute Gasteiger partial charge is 0.460 e. The zero-order valence-corrected chi connectivity index (χ0v) is 10.8. The number of benzene rings is 1. The zero-order valence-electron chi connectivity index (χ0n) is 10.8. The van der Waals surface area contributed by atoms with Gasteiger partial charge >= 0.3 is 5.97 Å². The molecule has 0 saturated carbocycles. The van der Waals surface area contributed by atoms with Crippen molar-refractivity contribution in [3.05, 3.63) is 35.6 Å². The van der Waals surface area contributed by atoms with E-state index in [1.54, 1.807) is 25.1 Å². The molecule has 0 unspecified atom stereocenters. The van der Waals surface area contributed by atoms with Crippen LogP contribution in [0.3, 0.4) is 0 Å². The lowest BCUT2D eigenvalue weighted by atomic mass is 10.0. The Morgan fingerprint density at radius 2 is 1.94 bits per heavy atom. The second kappa shape index (κ2) is 5.30. The molecule has 0 aromatic heterocycles. The van der Waals surface area contributed by atoms with Crippen molar-refractivity contribution in [3.63, 3.8) is 0 Å². The summed E-state index contributed by atoms with van der Waals surface area (Å²) in [5.41, 5.74) is 0.0477. The minimum absolute atomic E-state index is 0.275. The van der Waals surface area contributed by atoms with Crippen molar-refractivity contribution in [2.75, 3.05) is 0 Å². The van der Waals surface area contributed by atoms with E-state index in [4.69, 9.17) is 4.74 Å². The minimum atomic E-state index is -0.499. The Hall–Kier alpha value is -1.38. The van der Waals surface area contributed by atoms with Gasteiger partial charge in [0.15, 0.2) is 0 Å². The van der Waals surface area contributed by atoms with Crippen molar-refractivity contribution < 1.29 is 13.9 Å². The Bertz CT molecular complexity index is 393. The molecule has 1 aromatic carbocycles. The molecule has 1 rings (SSSR count). The number of hydrogen-bond donors (Lipinski definition) is 0. The van der Waals surface area contributed by atoms with Crippen molar-refractivity contribution >= 4 is 5.97 Å². The van der Waals surface area contributed by atoms with Crippen molar-refractivity contribution in [3.8, 4) is 0 Å². The molecule has 0 amide bonds. The highest BCUT2D eigenvalue weighted by atomic mass is 19.1. The first-order valence-corrected chi connectivity index (χ1v) is 5.76. The van der Waals surface area contributed by atoms with Gasteiger partial charge in [0.05, 0.1) is 5.92 Å². The Balaban J connectivity index is 2.64. The molecule has 0 bridgehead atoms. The Labute approximate surface area is 102 Å². The quantitative estimate of drug-likeness (QED) is 0.755. The molecular formula is C14H19FO2. The van der Waals surface area contributed by atoms with Gasteiger partial charge in [0, 0.05) is 0 Å². The summed E-state index contributed by atoms with van der Waals surface area (Å²) in [5, 5.41) is 0. The van der Waals surface area contributed by atoms with Crippen LogP contribution in [0, 0.1) is 11.7 Å². The standard InChI is InChI=1S/C14H19FO2/c1-10(13(16)17-14(2,3)4)9-11-7-5-6-8-12(11)15/h5-8,10H,9H2,1-4H3/t10-/m1/s1. The number of carbonyl (C=O) groups excluding carboxylic acids is 1. The van der Waals surface area contributed by atoms with E-state index in [2.05, 4.69) is 0 Å². The number of carbonyl (C=O) groups is 1. The third kappa shape index (κ3) is 4.55. The molecule has 0 heterocycles. The second-order valence-corrected chi connectivity index (χ2v) is 5.23. The lowest BCUT2D eigenvalue weighted by Gasteiger charge is -2.22. The van der Waals surface area contributed by atoms with E-state index in [1.165, 1.54) is 6.07 Å². The highest BCUT2D eigenvalue weighted by Crippen LogP contribution is 2.16. The van der Waals surface area contributed by atoms with Crippen LogP contribution in [0.15, 0.2) is 24.3 Å². The highest BCUT2D eigenvalue weighted by Gasteiger charge is 2.22. The molecule has 0 aliphatic rings. The molecule has 0 radical (unpaired) electrons. The van der Waals surface area contributed by atoms with Gasteiger partial charge in [0.2, 0.25) is 0 Å². The monoisotopic (exact) mass is 238 g/mol. The van der Waals surface area contributed by atoms with E-state index in [0.717, 1.165) is 0 Å². The maximum absolute atomic E-state index is 13.4. The fraction of sp³-hybridized carbons (Fsp3) is 0.500. The van der Waals surface area contributed by atoms with Gasteiger partial charge in [0.25, 0.3) is 0 Å². The van der Waals surface area contributed by atoms with E-state index in [-0.39, 0.29) is 17.7 Å². The molecule has 0 saturated heterocycles. The SMILES string of the molecule is C[C@H](Cc1ccccc1F)C(=O)OC(C)(C)C. The van der Waals surface area contributed by atoms with Gasteiger partial charge in [-0.3, -0.25) is 4.79 Å². The first-order chi connectivity index (χ1) is 7.79. The molecule has 0 fully saturated rings. The van der Waals surface area contributed by atoms with E-state index in [1.807, 2.05) is 20.8 Å². The molecule has 0 aliphatic heterocycles. The van der Waals surface area contributed by atoms with Gasteiger partial charge in [-0.1, -0.05) is 25.1 Å². The van der Waals surface area contributed by atoms with E-state index >= 15 is 0 Å². The third-order valence-corrected chi connectivity index (χ3v) is 2.29. The summed E-state index contributed by atoms with van der Waals surface area (Å²) in [6, 6.07) is 6.49. The summed E-state index contributed by atoms with van der Waals surface area (Å²) in [5.74, 6) is -0.908. The average molecular weight is 238 g/mol. The first kappa shape index (κ1) is 13.7. The van der Waals surface area contributed by atoms with Crippen LogP contribution in [0.1, 0.15) is 33.3 Å². The summed E-state index contributed by atoms with van der Waals surface area (Å²) >= 11 is 0. The fourth-order valence-corrected chi connectivity index (χ4v) is 1.48. The van der Waals surface area contributed by atoms with E-state index in [9.17, 15) is 9.18 Å². The van der Waals surface area contributed by atoms with Gasteiger partial charge < -0.3 is 4.74 Å². The number of ether oxygens (including phenoxy) is 1. The van der Waals surface area contributed by atoms with Crippen molar-refractivity contribution in [2.24, 2.45) is 5.92 Å². The van der Waals surface area contributed by atoms with Crippen molar-refractivity contribution in [1.82, 2.24) is 0 Å².